The van der Waals surface area contributed by atoms with Crippen LogP contribution in [0.5, 0.6) is 0 Å². The van der Waals surface area contributed by atoms with E-state index in [0.29, 0.717) is 30.5 Å². The van der Waals surface area contributed by atoms with Gasteiger partial charge in [0.15, 0.2) is 0 Å². The Labute approximate surface area is 155 Å². The largest absolute Gasteiger partial charge is 0.355 e. The van der Waals surface area contributed by atoms with Crippen LogP contribution in [0, 0.1) is 0 Å². The number of carbonyl (C=O) groups is 1. The lowest BCUT2D eigenvalue weighted by Crippen LogP contribution is -2.25. The molecule has 6 nitrogen and oxygen atoms in total. The summed E-state index contributed by atoms with van der Waals surface area (Å²) in [6.45, 7) is 8.42. The van der Waals surface area contributed by atoms with E-state index in [2.05, 4.69) is 40.2 Å². The number of carbonyl (C=O) groups excluding carboxylic acids is 1. The van der Waals surface area contributed by atoms with Gasteiger partial charge >= 0.3 is 0 Å². The van der Waals surface area contributed by atoms with Gasteiger partial charge < -0.3 is 14.9 Å². The van der Waals surface area contributed by atoms with Crippen molar-refractivity contribution < 1.29 is 4.79 Å². The first-order chi connectivity index (χ1) is 12.6. The van der Waals surface area contributed by atoms with Gasteiger partial charge in [0.25, 0.3) is 5.56 Å². The summed E-state index contributed by atoms with van der Waals surface area (Å²) in [5.74, 6) is -0.0910. The fraction of sp³-hybridized carbons (Fsp3) is 0.316. The van der Waals surface area contributed by atoms with Crippen LogP contribution in [0.4, 0.5) is 0 Å². The average Bonchev–Trinajstić information content (AvgIpc) is 3.18. The Kier molecular flexibility index (Phi) is 5.37. The van der Waals surface area contributed by atoms with Gasteiger partial charge in [-0.15, -0.1) is 17.9 Å². The molecule has 0 saturated heterocycles. The Balaban J connectivity index is 2.29. The molecule has 3 heterocycles. The highest BCUT2D eigenvalue weighted by Gasteiger charge is 2.23. The van der Waals surface area contributed by atoms with Crippen molar-refractivity contribution in [3.63, 3.8) is 0 Å². The van der Waals surface area contributed by atoms with E-state index in [0.717, 1.165) is 22.6 Å². The highest BCUT2D eigenvalue weighted by atomic mass is 32.1. The topological polar surface area (TPSA) is 79.8 Å². The van der Waals surface area contributed by atoms with Crippen LogP contribution in [-0.4, -0.2) is 27.0 Å². The molecule has 0 bridgehead atoms. The van der Waals surface area contributed by atoms with Gasteiger partial charge in [-0.2, -0.15) is 0 Å². The molecule has 136 valence electrons. The fourth-order valence-corrected chi connectivity index (χ4v) is 4.31. The van der Waals surface area contributed by atoms with E-state index in [1.54, 1.807) is 11.3 Å². The van der Waals surface area contributed by atoms with Gasteiger partial charge in [0.2, 0.25) is 5.91 Å². The Morgan fingerprint density at radius 1 is 1.50 bits per heavy atom. The number of aromatic amines is 1. The average molecular weight is 370 g/mol. The molecule has 3 aromatic rings. The van der Waals surface area contributed by atoms with Crippen molar-refractivity contribution in [3.05, 3.63) is 51.9 Å². The van der Waals surface area contributed by atoms with Gasteiger partial charge in [-0.25, -0.2) is 4.98 Å². The molecule has 1 amide bonds. The van der Waals surface area contributed by atoms with E-state index in [1.165, 1.54) is 18.8 Å². The highest BCUT2D eigenvalue weighted by Crippen LogP contribution is 2.37. The van der Waals surface area contributed by atoms with Crippen LogP contribution in [0.2, 0.25) is 0 Å². The van der Waals surface area contributed by atoms with Gasteiger partial charge in [-0.3, -0.25) is 9.59 Å². The number of aryl methyl sites for hydroxylation is 1. The number of hydrogen-bond donors (Lipinski definition) is 2. The second kappa shape index (κ2) is 7.70. The number of fused-ring (bicyclic) bond motifs is 1. The maximum absolute atomic E-state index is 12.6. The van der Waals surface area contributed by atoms with E-state index >= 15 is 0 Å². The molecule has 0 aliphatic carbocycles. The van der Waals surface area contributed by atoms with Crippen molar-refractivity contribution in [2.45, 2.75) is 33.2 Å². The number of allylic oxidation sites excluding steroid dienone is 1. The maximum Gasteiger partial charge on any atom is 0.275 e. The Bertz CT molecular complexity index is 1010. The zero-order chi connectivity index (χ0) is 18.7. The zero-order valence-electron chi connectivity index (χ0n) is 15.0. The Morgan fingerprint density at radius 2 is 2.31 bits per heavy atom. The molecule has 0 saturated carbocycles. The third-order valence-corrected chi connectivity index (χ3v) is 5.30. The van der Waals surface area contributed by atoms with Crippen LogP contribution < -0.4 is 10.9 Å². The molecule has 0 unspecified atom stereocenters. The van der Waals surface area contributed by atoms with Crippen LogP contribution in [-0.2, 0) is 24.2 Å². The summed E-state index contributed by atoms with van der Waals surface area (Å²) in [5.41, 5.74) is 4.30. The standard InChI is InChI=1S/C19H22N4O2S/c1-4-6-14-15-17(19(25)22-11-21-15)23(9-8-20-12(3)24)16(14)18-13(5-2)7-10-26-18/h4,7,10-11H,1,5-6,8-9H2,2-3H3,(H,20,24)(H,21,22,25). The summed E-state index contributed by atoms with van der Waals surface area (Å²) >= 11 is 1.66. The van der Waals surface area contributed by atoms with Crippen molar-refractivity contribution in [1.82, 2.24) is 19.9 Å². The molecular formula is C19H22N4O2S. The molecule has 26 heavy (non-hydrogen) atoms. The first-order valence-corrected chi connectivity index (χ1v) is 9.47. The van der Waals surface area contributed by atoms with E-state index < -0.39 is 0 Å². The molecule has 0 atom stereocenters. The molecule has 0 aliphatic heterocycles. The number of nitrogens with zero attached hydrogens (tertiary/aromatic N) is 2. The monoisotopic (exact) mass is 370 g/mol. The van der Waals surface area contributed by atoms with Crippen molar-refractivity contribution >= 4 is 28.3 Å². The predicted octanol–water partition coefficient (Wildman–Crippen LogP) is 2.88. The van der Waals surface area contributed by atoms with E-state index in [4.69, 9.17) is 0 Å². The first kappa shape index (κ1) is 18.1. The quantitative estimate of drug-likeness (QED) is 0.628. The number of hydrogen-bond acceptors (Lipinski definition) is 4. The Morgan fingerprint density at radius 3 is 3.00 bits per heavy atom. The third kappa shape index (κ3) is 3.22. The smallest absolute Gasteiger partial charge is 0.275 e. The Hall–Kier alpha value is -2.67. The minimum absolute atomic E-state index is 0.0910. The number of aromatic nitrogens is 3. The van der Waals surface area contributed by atoms with Crippen LogP contribution in [0.1, 0.15) is 25.0 Å². The van der Waals surface area contributed by atoms with E-state index in [-0.39, 0.29) is 11.5 Å². The molecule has 3 rings (SSSR count). The van der Waals surface area contributed by atoms with Crippen molar-refractivity contribution in [1.29, 1.82) is 0 Å². The van der Waals surface area contributed by atoms with Crippen LogP contribution in [0.25, 0.3) is 21.6 Å². The second-order valence-corrected chi connectivity index (χ2v) is 6.93. The highest BCUT2D eigenvalue weighted by molar-refractivity contribution is 7.13. The third-order valence-electron chi connectivity index (χ3n) is 4.34. The van der Waals surface area contributed by atoms with Crippen LogP contribution >= 0.6 is 11.3 Å². The summed E-state index contributed by atoms with van der Waals surface area (Å²) in [6, 6.07) is 2.12. The van der Waals surface area contributed by atoms with Crippen LogP contribution in [0.15, 0.2) is 35.2 Å². The molecule has 7 heteroatoms. The number of H-pyrrole nitrogens is 1. The maximum atomic E-state index is 12.6. The lowest BCUT2D eigenvalue weighted by atomic mass is 10.1. The lowest BCUT2D eigenvalue weighted by Gasteiger charge is -2.12. The SMILES string of the molecule is C=CCc1c(-c2sccc2CC)n(CCNC(C)=O)c2c(=O)[nH]cnc12. The molecular weight excluding hydrogens is 348 g/mol. The zero-order valence-corrected chi connectivity index (χ0v) is 15.8. The predicted molar refractivity (Wildman–Crippen MR) is 106 cm³/mol. The van der Waals surface area contributed by atoms with E-state index in [1.807, 2.05) is 10.6 Å². The van der Waals surface area contributed by atoms with Crippen molar-refractivity contribution in [2.24, 2.45) is 0 Å². The lowest BCUT2D eigenvalue weighted by molar-refractivity contribution is -0.118. The molecule has 2 N–H and O–H groups in total. The fourth-order valence-electron chi connectivity index (χ4n) is 3.24. The summed E-state index contributed by atoms with van der Waals surface area (Å²) < 4.78 is 1.99. The molecule has 0 aliphatic rings. The summed E-state index contributed by atoms with van der Waals surface area (Å²) in [4.78, 5) is 32.1. The van der Waals surface area contributed by atoms with Gasteiger partial charge in [0.1, 0.15) is 5.52 Å². The normalized spacial score (nSPS) is 11.0. The summed E-state index contributed by atoms with van der Waals surface area (Å²) in [7, 11) is 0. The van der Waals surface area contributed by atoms with Crippen LogP contribution in [0.3, 0.4) is 0 Å². The summed E-state index contributed by atoms with van der Waals surface area (Å²) in [5, 5.41) is 4.88. The second-order valence-electron chi connectivity index (χ2n) is 6.01. The number of nitrogens with one attached hydrogen (secondary N) is 2. The summed E-state index contributed by atoms with van der Waals surface area (Å²) in [6.07, 6.45) is 4.80. The van der Waals surface area contributed by atoms with Gasteiger partial charge in [0, 0.05) is 25.6 Å². The van der Waals surface area contributed by atoms with Gasteiger partial charge in [0.05, 0.1) is 22.4 Å². The minimum Gasteiger partial charge on any atom is -0.355 e. The number of thiophene rings is 1. The van der Waals surface area contributed by atoms with Gasteiger partial charge in [-0.1, -0.05) is 13.0 Å². The van der Waals surface area contributed by atoms with Crippen molar-refractivity contribution in [3.8, 4) is 10.6 Å². The number of amides is 1. The molecule has 0 aromatic carbocycles. The van der Waals surface area contributed by atoms with Gasteiger partial charge in [-0.05, 0) is 29.9 Å². The molecule has 0 fully saturated rings. The van der Waals surface area contributed by atoms with E-state index in [9.17, 15) is 9.59 Å². The molecule has 3 aromatic heterocycles. The first-order valence-electron chi connectivity index (χ1n) is 8.59. The minimum atomic E-state index is -0.177. The van der Waals surface area contributed by atoms with Crippen molar-refractivity contribution in [2.75, 3.05) is 6.54 Å². The number of rotatable bonds is 7. The molecule has 0 spiro atoms. The molecule has 0 radical (unpaired) electrons.